The highest BCUT2D eigenvalue weighted by Crippen LogP contribution is 2.33. The van der Waals surface area contributed by atoms with Crippen molar-refractivity contribution in [1.82, 2.24) is 20.3 Å². The molecule has 1 unspecified atom stereocenters. The largest absolute Gasteiger partial charge is 0.435 e. The number of carbonyl (C=O) groups excluding carboxylic acids is 1. The average Bonchev–Trinajstić information content (AvgIpc) is 3.12. The Labute approximate surface area is 159 Å². The van der Waals surface area contributed by atoms with Crippen LogP contribution in [0.4, 0.5) is 17.6 Å². The van der Waals surface area contributed by atoms with Crippen LogP contribution >= 0.6 is 0 Å². The first-order chi connectivity index (χ1) is 13.3. The number of halogens is 4. The van der Waals surface area contributed by atoms with Gasteiger partial charge >= 0.3 is 6.18 Å². The van der Waals surface area contributed by atoms with Crippen molar-refractivity contribution in [3.05, 3.63) is 41.5 Å². The standard InChI is InChI=1S/C18H21F4N5O/c19-12-8-4-5-9-14(12)27-16(18(20,21)22)15(25-26-27)17(28)24-13(10-23)11-6-2-1-3-7-11/h4-5,8-9,11,13H,1-3,6-7,10,23H2,(H,24,28). The number of hydrogen-bond acceptors (Lipinski definition) is 4. The van der Waals surface area contributed by atoms with Crippen molar-refractivity contribution < 1.29 is 22.4 Å². The van der Waals surface area contributed by atoms with Gasteiger partial charge in [-0.2, -0.15) is 13.2 Å². The lowest BCUT2D eigenvalue weighted by Crippen LogP contribution is -2.46. The van der Waals surface area contributed by atoms with E-state index in [1.54, 1.807) is 0 Å². The van der Waals surface area contributed by atoms with Gasteiger partial charge in [0.25, 0.3) is 5.91 Å². The number of alkyl halides is 3. The third kappa shape index (κ3) is 4.16. The number of carbonyl (C=O) groups is 1. The zero-order valence-corrected chi connectivity index (χ0v) is 15.0. The summed E-state index contributed by atoms with van der Waals surface area (Å²) in [7, 11) is 0. The van der Waals surface area contributed by atoms with Crippen LogP contribution < -0.4 is 11.1 Å². The molecule has 28 heavy (non-hydrogen) atoms. The Bertz CT molecular complexity index is 830. The first-order valence-corrected chi connectivity index (χ1v) is 9.11. The van der Waals surface area contributed by atoms with Gasteiger partial charge < -0.3 is 11.1 Å². The van der Waals surface area contributed by atoms with Gasteiger partial charge in [0.2, 0.25) is 0 Å². The smallest absolute Gasteiger partial charge is 0.346 e. The van der Waals surface area contributed by atoms with Gasteiger partial charge in [-0.25, -0.2) is 9.07 Å². The van der Waals surface area contributed by atoms with Crippen molar-refractivity contribution in [2.75, 3.05) is 6.54 Å². The van der Waals surface area contributed by atoms with Gasteiger partial charge in [-0.05, 0) is 30.9 Å². The molecule has 1 heterocycles. The minimum atomic E-state index is -4.96. The van der Waals surface area contributed by atoms with E-state index in [1.165, 1.54) is 12.1 Å². The Morgan fingerprint density at radius 3 is 2.54 bits per heavy atom. The number of nitrogens with one attached hydrogen (secondary N) is 1. The molecule has 2 aromatic rings. The summed E-state index contributed by atoms with van der Waals surface area (Å²) < 4.78 is 55.3. The fourth-order valence-corrected chi connectivity index (χ4v) is 3.62. The second-order valence-electron chi connectivity index (χ2n) is 6.86. The Morgan fingerprint density at radius 1 is 1.25 bits per heavy atom. The molecular weight excluding hydrogens is 378 g/mol. The van der Waals surface area contributed by atoms with E-state index < -0.39 is 41.0 Å². The molecule has 0 saturated heterocycles. The van der Waals surface area contributed by atoms with Crippen LogP contribution in [0.3, 0.4) is 0 Å². The van der Waals surface area contributed by atoms with Crippen molar-refractivity contribution in [3.8, 4) is 5.69 Å². The van der Waals surface area contributed by atoms with Gasteiger partial charge in [0, 0.05) is 12.6 Å². The molecule has 0 spiro atoms. The highest BCUT2D eigenvalue weighted by atomic mass is 19.4. The fourth-order valence-electron chi connectivity index (χ4n) is 3.62. The molecule has 0 radical (unpaired) electrons. The Kier molecular flexibility index (Phi) is 5.97. The van der Waals surface area contributed by atoms with E-state index in [0.29, 0.717) is 4.68 Å². The first-order valence-electron chi connectivity index (χ1n) is 9.11. The molecular formula is C18H21F4N5O. The summed E-state index contributed by atoms with van der Waals surface area (Å²) in [5, 5.41) is 9.37. The van der Waals surface area contributed by atoms with E-state index in [9.17, 15) is 22.4 Å². The number of amides is 1. The maximum absolute atomic E-state index is 14.0. The van der Waals surface area contributed by atoms with Gasteiger partial charge in [-0.1, -0.05) is 36.6 Å². The van der Waals surface area contributed by atoms with E-state index in [0.717, 1.165) is 44.2 Å². The van der Waals surface area contributed by atoms with Crippen molar-refractivity contribution in [2.45, 2.75) is 44.3 Å². The molecule has 1 saturated carbocycles. The van der Waals surface area contributed by atoms with Gasteiger partial charge in [0.1, 0.15) is 11.5 Å². The summed E-state index contributed by atoms with van der Waals surface area (Å²) in [6.07, 6.45) is -0.159. The lowest BCUT2D eigenvalue weighted by molar-refractivity contribution is -0.143. The van der Waals surface area contributed by atoms with Crippen LogP contribution in [0.1, 0.15) is 48.3 Å². The van der Waals surface area contributed by atoms with Gasteiger partial charge in [0.15, 0.2) is 11.4 Å². The first kappa shape index (κ1) is 20.2. The monoisotopic (exact) mass is 399 g/mol. The number of para-hydroxylation sites is 1. The third-order valence-corrected chi connectivity index (χ3v) is 5.02. The van der Waals surface area contributed by atoms with Gasteiger partial charge in [-0.3, -0.25) is 4.79 Å². The molecule has 0 bridgehead atoms. The van der Waals surface area contributed by atoms with Gasteiger partial charge in [0.05, 0.1) is 0 Å². The fraction of sp³-hybridized carbons (Fsp3) is 0.500. The van der Waals surface area contributed by atoms with E-state index >= 15 is 0 Å². The maximum atomic E-state index is 14.0. The van der Waals surface area contributed by atoms with Crippen LogP contribution in [-0.4, -0.2) is 33.5 Å². The SMILES string of the molecule is NCC(NC(=O)c1nnn(-c2ccccc2F)c1C(F)(F)F)C1CCCCC1. The lowest BCUT2D eigenvalue weighted by atomic mass is 9.84. The minimum Gasteiger partial charge on any atom is -0.346 e. The van der Waals surface area contributed by atoms with Crippen molar-refractivity contribution >= 4 is 5.91 Å². The summed E-state index contributed by atoms with van der Waals surface area (Å²) >= 11 is 0. The molecule has 1 aliphatic rings. The number of aromatic nitrogens is 3. The van der Waals surface area contributed by atoms with Crippen molar-refractivity contribution in [1.29, 1.82) is 0 Å². The van der Waals surface area contributed by atoms with Crippen LogP contribution in [0.5, 0.6) is 0 Å². The molecule has 6 nitrogen and oxygen atoms in total. The third-order valence-electron chi connectivity index (χ3n) is 5.02. The average molecular weight is 399 g/mol. The molecule has 152 valence electrons. The number of nitrogens with two attached hydrogens (primary N) is 1. The molecule has 1 amide bonds. The summed E-state index contributed by atoms with van der Waals surface area (Å²) in [4.78, 5) is 12.6. The molecule has 1 fully saturated rings. The van der Waals surface area contributed by atoms with E-state index in [1.807, 2.05) is 0 Å². The molecule has 0 aliphatic heterocycles. The zero-order valence-electron chi connectivity index (χ0n) is 15.0. The topological polar surface area (TPSA) is 85.8 Å². The predicted octanol–water partition coefficient (Wildman–Crippen LogP) is 3.06. The number of benzene rings is 1. The predicted molar refractivity (Wildman–Crippen MR) is 93.2 cm³/mol. The number of nitrogens with zero attached hydrogens (tertiary/aromatic N) is 3. The minimum absolute atomic E-state index is 0.110. The molecule has 1 atom stereocenters. The summed E-state index contributed by atoms with van der Waals surface area (Å²) in [5.41, 5.74) is 2.98. The van der Waals surface area contributed by atoms with Crippen LogP contribution in [0, 0.1) is 11.7 Å². The maximum Gasteiger partial charge on any atom is 0.435 e. The second-order valence-corrected chi connectivity index (χ2v) is 6.86. The van der Waals surface area contributed by atoms with Crippen LogP contribution in [-0.2, 0) is 6.18 Å². The van der Waals surface area contributed by atoms with E-state index in [4.69, 9.17) is 5.73 Å². The van der Waals surface area contributed by atoms with Crippen LogP contribution in [0.2, 0.25) is 0 Å². The van der Waals surface area contributed by atoms with Crippen molar-refractivity contribution in [2.24, 2.45) is 11.7 Å². The molecule has 3 rings (SSSR count). The molecule has 10 heteroatoms. The lowest BCUT2D eigenvalue weighted by Gasteiger charge is -2.29. The van der Waals surface area contributed by atoms with Crippen LogP contribution in [0.15, 0.2) is 24.3 Å². The number of hydrogen-bond donors (Lipinski definition) is 2. The van der Waals surface area contributed by atoms with Crippen molar-refractivity contribution in [3.63, 3.8) is 0 Å². The Balaban J connectivity index is 1.93. The zero-order chi connectivity index (χ0) is 20.3. The molecule has 1 aromatic carbocycles. The quantitative estimate of drug-likeness (QED) is 0.757. The Morgan fingerprint density at radius 2 is 1.93 bits per heavy atom. The molecule has 1 aromatic heterocycles. The normalized spacial score (nSPS) is 16.8. The highest BCUT2D eigenvalue weighted by Gasteiger charge is 2.42. The summed E-state index contributed by atoms with van der Waals surface area (Å²) in [6, 6.07) is 4.39. The van der Waals surface area contributed by atoms with Crippen LogP contribution in [0.25, 0.3) is 5.69 Å². The molecule has 1 aliphatic carbocycles. The molecule has 3 N–H and O–H groups in total. The second kappa shape index (κ2) is 8.26. The Hall–Kier alpha value is -2.49. The number of rotatable bonds is 5. The summed E-state index contributed by atoms with van der Waals surface area (Å²) in [5.74, 6) is -1.82. The van der Waals surface area contributed by atoms with E-state index in [-0.39, 0.29) is 12.5 Å². The van der Waals surface area contributed by atoms with E-state index in [2.05, 4.69) is 15.6 Å². The van der Waals surface area contributed by atoms with Gasteiger partial charge in [-0.15, -0.1) is 5.10 Å². The highest BCUT2D eigenvalue weighted by molar-refractivity contribution is 5.93. The summed E-state index contributed by atoms with van der Waals surface area (Å²) in [6.45, 7) is 0.110.